The Hall–Kier alpha value is -3.12. The zero-order valence-electron chi connectivity index (χ0n) is 14.5. The van der Waals surface area contributed by atoms with Crippen molar-refractivity contribution >= 4 is 45.4 Å². The van der Waals surface area contributed by atoms with Crippen molar-refractivity contribution in [3.63, 3.8) is 0 Å². The van der Waals surface area contributed by atoms with E-state index in [1.54, 1.807) is 6.08 Å². The van der Waals surface area contributed by atoms with E-state index in [9.17, 15) is 9.90 Å². The summed E-state index contributed by atoms with van der Waals surface area (Å²) >= 11 is 0.966. The quantitative estimate of drug-likeness (QED) is 0.295. The molecule has 0 aliphatic carbocycles. The molecule has 3 aromatic carbocycles. The number of benzene rings is 3. The van der Waals surface area contributed by atoms with E-state index < -0.39 is 5.97 Å². The Bertz CT molecular complexity index is 1130. The summed E-state index contributed by atoms with van der Waals surface area (Å²) in [7, 11) is 0. The van der Waals surface area contributed by atoms with Crippen LogP contribution >= 0.6 is 11.8 Å². The third-order valence-electron chi connectivity index (χ3n) is 4.25. The van der Waals surface area contributed by atoms with Gasteiger partial charge in [0.25, 0.3) is 5.22 Å². The molecule has 0 bridgehead atoms. The van der Waals surface area contributed by atoms with Gasteiger partial charge in [-0.1, -0.05) is 55.5 Å². The van der Waals surface area contributed by atoms with Gasteiger partial charge in [-0.3, -0.25) is 0 Å². The van der Waals surface area contributed by atoms with Gasteiger partial charge in [-0.05, 0) is 51.0 Å². The molecule has 0 spiro atoms. The number of hydrogen-bond acceptors (Lipinski definition) is 5. The Morgan fingerprint density at radius 1 is 1.07 bits per heavy atom. The average molecular weight is 376 g/mol. The van der Waals surface area contributed by atoms with Crippen LogP contribution in [0.1, 0.15) is 18.4 Å². The molecule has 0 amide bonds. The molecule has 27 heavy (non-hydrogen) atoms. The van der Waals surface area contributed by atoms with Crippen LogP contribution in [0.3, 0.4) is 0 Å². The van der Waals surface area contributed by atoms with Crippen molar-refractivity contribution in [2.24, 2.45) is 0 Å². The summed E-state index contributed by atoms with van der Waals surface area (Å²) in [6, 6.07) is 18.0. The molecule has 134 valence electrons. The topological polar surface area (TPSA) is 76.2 Å². The van der Waals surface area contributed by atoms with Crippen molar-refractivity contribution in [3.05, 3.63) is 71.0 Å². The van der Waals surface area contributed by atoms with Crippen molar-refractivity contribution < 1.29 is 14.3 Å². The maximum Gasteiger partial charge on any atom is 0.342 e. The first-order chi connectivity index (χ1) is 13.2. The third kappa shape index (κ3) is 3.44. The van der Waals surface area contributed by atoms with Gasteiger partial charge in [0.05, 0.1) is 0 Å². The molecule has 1 N–H and O–H groups in total. The summed E-state index contributed by atoms with van der Waals surface area (Å²) in [4.78, 5) is 12.0. The Morgan fingerprint density at radius 2 is 1.70 bits per heavy atom. The lowest BCUT2D eigenvalue weighted by molar-refractivity contribution is -0.131. The van der Waals surface area contributed by atoms with E-state index in [4.69, 9.17) is 4.42 Å². The number of aromatic nitrogens is 2. The Morgan fingerprint density at radius 3 is 2.26 bits per heavy atom. The van der Waals surface area contributed by atoms with Crippen molar-refractivity contribution in [1.29, 1.82) is 0 Å². The number of carboxylic acid groups (broad SMARTS) is 1. The molecule has 0 saturated heterocycles. The first kappa shape index (κ1) is 17.3. The van der Waals surface area contributed by atoms with Crippen LogP contribution in [0.5, 0.6) is 0 Å². The maximum atomic E-state index is 11.9. The maximum absolute atomic E-state index is 11.9. The number of aryl methyl sites for hydroxylation is 1. The molecule has 0 saturated carbocycles. The van der Waals surface area contributed by atoms with Crippen LogP contribution in [0, 0.1) is 0 Å². The summed E-state index contributed by atoms with van der Waals surface area (Å²) in [6.45, 7) is 1.90. The molecule has 0 atom stereocenters. The fourth-order valence-corrected chi connectivity index (χ4v) is 3.66. The number of aliphatic carboxylic acids is 1. The van der Waals surface area contributed by atoms with Gasteiger partial charge in [0.2, 0.25) is 5.89 Å². The second-order valence-corrected chi connectivity index (χ2v) is 6.96. The number of thioether (sulfide) groups is 1. The number of nitrogens with zero attached hydrogens (tertiary/aromatic N) is 2. The normalized spacial score (nSPS) is 12.0. The van der Waals surface area contributed by atoms with Crippen LogP contribution < -0.4 is 0 Å². The summed E-state index contributed by atoms with van der Waals surface area (Å²) in [5.41, 5.74) is 0.865. The van der Waals surface area contributed by atoms with Crippen LogP contribution in [0.4, 0.5) is 0 Å². The van der Waals surface area contributed by atoms with Crippen molar-refractivity contribution in [3.8, 4) is 0 Å². The van der Waals surface area contributed by atoms with Crippen LogP contribution in [0.2, 0.25) is 0 Å². The second kappa shape index (κ2) is 7.25. The predicted molar refractivity (Wildman–Crippen MR) is 107 cm³/mol. The number of rotatable bonds is 5. The minimum Gasteiger partial charge on any atom is -0.477 e. The Balaban J connectivity index is 1.90. The van der Waals surface area contributed by atoms with E-state index in [0.29, 0.717) is 12.3 Å². The van der Waals surface area contributed by atoms with E-state index >= 15 is 0 Å². The number of fused-ring (bicyclic) bond motifs is 2. The predicted octanol–water partition coefficient (Wildman–Crippen LogP) is 5.16. The molecule has 0 fully saturated rings. The third-order valence-corrected chi connectivity index (χ3v) is 5.10. The van der Waals surface area contributed by atoms with Gasteiger partial charge in [0.1, 0.15) is 4.91 Å². The first-order valence-electron chi connectivity index (χ1n) is 8.51. The van der Waals surface area contributed by atoms with Gasteiger partial charge in [-0.25, -0.2) is 4.79 Å². The summed E-state index contributed by atoms with van der Waals surface area (Å²) in [6.07, 6.45) is 2.29. The smallest absolute Gasteiger partial charge is 0.342 e. The van der Waals surface area contributed by atoms with Crippen molar-refractivity contribution in [2.45, 2.75) is 18.6 Å². The van der Waals surface area contributed by atoms with E-state index in [1.807, 2.05) is 55.5 Å². The Kier molecular flexibility index (Phi) is 4.64. The monoisotopic (exact) mass is 376 g/mol. The molecule has 4 rings (SSSR count). The van der Waals surface area contributed by atoms with Crippen molar-refractivity contribution in [2.75, 3.05) is 0 Å². The van der Waals surface area contributed by atoms with Crippen LogP contribution in [-0.2, 0) is 11.2 Å². The summed E-state index contributed by atoms with van der Waals surface area (Å²) in [5, 5.41) is 21.9. The molecule has 6 heteroatoms. The molecule has 1 aromatic heterocycles. The highest BCUT2D eigenvalue weighted by atomic mass is 32.2. The largest absolute Gasteiger partial charge is 0.477 e. The van der Waals surface area contributed by atoms with Gasteiger partial charge < -0.3 is 9.52 Å². The molecule has 0 aliphatic heterocycles. The molecular weight excluding hydrogens is 360 g/mol. The minimum atomic E-state index is -1.03. The van der Waals surface area contributed by atoms with E-state index in [0.717, 1.165) is 38.9 Å². The average Bonchev–Trinajstić information content (AvgIpc) is 3.14. The number of hydrogen-bond donors (Lipinski definition) is 1. The number of carbonyl (C=O) groups is 1. The van der Waals surface area contributed by atoms with Crippen LogP contribution in [-0.4, -0.2) is 21.3 Å². The zero-order valence-corrected chi connectivity index (χ0v) is 15.4. The van der Waals surface area contributed by atoms with Gasteiger partial charge in [-0.2, -0.15) is 0 Å². The summed E-state index contributed by atoms with van der Waals surface area (Å²) in [5.74, 6) is -0.550. The number of carboxylic acids is 1. The van der Waals surface area contributed by atoms with Crippen molar-refractivity contribution in [1.82, 2.24) is 10.2 Å². The van der Waals surface area contributed by atoms with Crippen LogP contribution in [0.25, 0.3) is 27.6 Å². The highest BCUT2D eigenvalue weighted by Gasteiger charge is 2.16. The SMILES string of the molecule is CCc1nnc(S/C(=C\c2c3ccccc3cc3ccccc23)C(=O)O)o1. The van der Waals surface area contributed by atoms with Gasteiger partial charge in [0.15, 0.2) is 0 Å². The minimum absolute atomic E-state index is 0.128. The molecule has 0 aliphatic rings. The van der Waals surface area contributed by atoms with E-state index in [-0.39, 0.29) is 10.1 Å². The van der Waals surface area contributed by atoms with Crippen LogP contribution in [0.15, 0.2) is 69.1 Å². The Labute approximate surface area is 159 Å². The molecular formula is C21H16N2O3S. The lowest BCUT2D eigenvalue weighted by Gasteiger charge is -2.09. The van der Waals surface area contributed by atoms with E-state index in [1.165, 1.54) is 0 Å². The first-order valence-corrected chi connectivity index (χ1v) is 9.33. The summed E-state index contributed by atoms with van der Waals surface area (Å²) < 4.78 is 5.46. The molecule has 1 heterocycles. The van der Waals surface area contributed by atoms with E-state index in [2.05, 4.69) is 16.3 Å². The fourth-order valence-electron chi connectivity index (χ4n) is 2.99. The molecule has 4 aromatic rings. The molecule has 0 unspecified atom stereocenters. The standard InChI is InChI=1S/C21H16N2O3S/c1-2-19-22-23-21(26-19)27-18(20(24)25)12-17-15-9-5-3-7-13(15)11-14-8-4-6-10-16(14)17/h3-12H,2H2,1H3,(H,24,25)/b18-12-. The lowest BCUT2D eigenvalue weighted by atomic mass is 9.96. The molecule has 5 nitrogen and oxygen atoms in total. The molecule has 0 radical (unpaired) electrons. The van der Waals surface area contributed by atoms with Gasteiger partial charge in [0, 0.05) is 6.42 Å². The second-order valence-electron chi connectivity index (χ2n) is 5.96. The lowest BCUT2D eigenvalue weighted by Crippen LogP contribution is -1.97. The highest BCUT2D eigenvalue weighted by molar-refractivity contribution is 8.03. The van der Waals surface area contributed by atoms with Gasteiger partial charge in [-0.15, -0.1) is 10.2 Å². The fraction of sp³-hybridized carbons (Fsp3) is 0.0952. The zero-order chi connectivity index (χ0) is 18.8. The van der Waals surface area contributed by atoms with Gasteiger partial charge >= 0.3 is 5.97 Å². The highest BCUT2D eigenvalue weighted by Crippen LogP contribution is 2.34.